The Morgan fingerprint density at radius 2 is 1.57 bits per heavy atom. The van der Waals surface area contributed by atoms with Crippen LogP contribution >= 0.6 is 11.6 Å². The second-order valence-electron chi connectivity index (χ2n) is 10.5. The van der Waals surface area contributed by atoms with Crippen molar-refractivity contribution < 1.29 is 31.1 Å². The zero-order chi connectivity index (χ0) is 33.5. The van der Waals surface area contributed by atoms with Crippen LogP contribution in [0.5, 0.6) is 0 Å². The zero-order valence-corrected chi connectivity index (χ0v) is 26.0. The molecule has 234 valence electrons. The lowest BCUT2D eigenvalue weighted by Crippen LogP contribution is -2.14. The van der Waals surface area contributed by atoms with Gasteiger partial charge in [0, 0.05) is 32.7 Å². The lowest BCUT2D eigenvalue weighted by molar-refractivity contribution is 0.0600. The molecule has 11 heteroatoms. The summed E-state index contributed by atoms with van der Waals surface area (Å²) in [6.07, 6.45) is -2.80. The average molecular weight is 671 g/mol. The third kappa shape index (κ3) is 5.76. The van der Waals surface area contributed by atoms with E-state index < -0.39 is 28.2 Å². The van der Waals surface area contributed by atoms with Gasteiger partial charge >= 0.3 is 5.97 Å². The third-order valence-electron chi connectivity index (χ3n) is 7.66. The van der Waals surface area contributed by atoms with Crippen molar-refractivity contribution in [2.24, 2.45) is 0 Å². The molecule has 1 heterocycles. The molecule has 0 bridgehead atoms. The number of carbonyl (C=O) groups is 1. The van der Waals surface area contributed by atoms with Gasteiger partial charge < -0.3 is 4.74 Å². The maximum absolute atomic E-state index is 14.9. The van der Waals surface area contributed by atoms with E-state index in [0.717, 1.165) is 34.3 Å². The number of rotatable bonds is 7. The highest BCUT2D eigenvalue weighted by Gasteiger charge is 2.29. The van der Waals surface area contributed by atoms with Gasteiger partial charge in [-0.15, -0.1) is 0 Å². The number of methoxy groups -OCH3 is 1. The molecule has 0 atom stereocenters. The number of fused-ring (bicyclic) bond motifs is 1. The molecule has 0 unspecified atom stereocenters. The maximum atomic E-state index is 14.9. The van der Waals surface area contributed by atoms with E-state index in [-0.39, 0.29) is 43.3 Å². The molecule has 6 nitrogen and oxygen atoms in total. The zero-order valence-electron chi connectivity index (χ0n) is 24.4. The van der Waals surface area contributed by atoms with Crippen molar-refractivity contribution in [1.29, 1.82) is 0 Å². The van der Waals surface area contributed by atoms with Crippen molar-refractivity contribution in [2.75, 3.05) is 7.11 Å². The van der Waals surface area contributed by atoms with Crippen LogP contribution in [0.1, 0.15) is 22.3 Å². The van der Waals surface area contributed by atoms with Crippen LogP contribution in [0.25, 0.3) is 49.3 Å². The molecule has 6 aromatic rings. The monoisotopic (exact) mass is 670 g/mol. The number of alkyl halides is 2. The summed E-state index contributed by atoms with van der Waals surface area (Å²) >= 11 is 6.59. The Balaban J connectivity index is 1.68. The van der Waals surface area contributed by atoms with Crippen LogP contribution in [0.3, 0.4) is 0 Å². The molecule has 1 aromatic heterocycles. The number of ether oxygens (including phenoxy) is 1. The molecule has 0 aliphatic heterocycles. The number of nitrogens with zero attached hydrogens (tertiary/aromatic N) is 2. The fraction of sp³-hybridized carbons (Fsp3) is 0.0556. The van der Waals surface area contributed by atoms with Crippen molar-refractivity contribution in [3.05, 3.63) is 143 Å². The van der Waals surface area contributed by atoms with Crippen molar-refractivity contribution in [3.8, 4) is 33.5 Å². The number of carbonyl (C=O) groups excluding carboxylic acids is 1. The first-order valence-corrected chi connectivity index (χ1v) is 15.8. The highest BCUT2D eigenvalue weighted by molar-refractivity contribution is 7.90. The molecule has 5 aromatic carbocycles. The lowest BCUT2D eigenvalue weighted by Gasteiger charge is -2.16. The SMILES string of the molecule is [C-]#[N+]c1cccc(-c2c(-c3cccc(-c4ccc(C(=O)OC)cc4Cl)c3)n(S(=O)(=O)c3ccc(C(F)F)cc3)c3ccc(F)cc23)c1. The van der Waals surface area contributed by atoms with Crippen LogP contribution < -0.4 is 0 Å². The van der Waals surface area contributed by atoms with Crippen LogP contribution in [0.2, 0.25) is 5.02 Å². The van der Waals surface area contributed by atoms with Gasteiger partial charge in [0.25, 0.3) is 16.4 Å². The summed E-state index contributed by atoms with van der Waals surface area (Å²) in [5.74, 6) is -1.18. The van der Waals surface area contributed by atoms with E-state index >= 15 is 0 Å². The van der Waals surface area contributed by atoms with E-state index in [4.69, 9.17) is 22.9 Å². The molecule has 0 saturated carbocycles. The van der Waals surface area contributed by atoms with Crippen LogP contribution in [-0.2, 0) is 14.8 Å². The van der Waals surface area contributed by atoms with Crippen LogP contribution in [0, 0.1) is 12.4 Å². The van der Waals surface area contributed by atoms with Crippen molar-refractivity contribution in [3.63, 3.8) is 0 Å². The Hall–Kier alpha value is -5.37. The Labute approximate surface area is 273 Å². The molecule has 0 aliphatic carbocycles. The number of hydrogen-bond acceptors (Lipinski definition) is 4. The summed E-state index contributed by atoms with van der Waals surface area (Å²) in [5.41, 5.74) is 2.75. The van der Waals surface area contributed by atoms with Gasteiger partial charge in [-0.05, 0) is 65.7 Å². The van der Waals surface area contributed by atoms with Crippen molar-refractivity contribution in [1.82, 2.24) is 3.97 Å². The van der Waals surface area contributed by atoms with Crippen molar-refractivity contribution >= 4 is 44.2 Å². The summed E-state index contributed by atoms with van der Waals surface area (Å²) in [6, 6.07) is 26.0. The van der Waals surface area contributed by atoms with E-state index in [0.29, 0.717) is 27.8 Å². The fourth-order valence-corrected chi connectivity index (χ4v) is 7.32. The van der Waals surface area contributed by atoms with E-state index in [9.17, 15) is 26.4 Å². The summed E-state index contributed by atoms with van der Waals surface area (Å²) in [6.45, 7) is 7.55. The molecule has 0 aliphatic rings. The quantitative estimate of drug-likeness (QED) is 0.125. The third-order valence-corrected chi connectivity index (χ3v) is 9.70. The standard InChI is InChI=1S/C36H22ClF3N2O4S/c1-41-27-8-4-6-23(18-27)33-30-20-26(38)12-16-32(30)42(47(44,45)28-13-9-21(10-14-28)35(39)40)34(33)24-7-3-5-22(17-24)29-15-11-25(19-31(29)37)36(43)46-2/h3-20,35H,2H3. The van der Waals surface area contributed by atoms with Crippen LogP contribution in [0.15, 0.2) is 114 Å². The molecular formula is C36H22ClF3N2O4S. The first kappa shape index (κ1) is 31.6. The minimum Gasteiger partial charge on any atom is -0.465 e. The van der Waals surface area contributed by atoms with Gasteiger partial charge in [0.15, 0.2) is 5.69 Å². The predicted octanol–water partition coefficient (Wildman–Crippen LogP) is 9.95. The molecule has 47 heavy (non-hydrogen) atoms. The molecule has 0 spiro atoms. The Bertz CT molecular complexity index is 2350. The highest BCUT2D eigenvalue weighted by Crippen LogP contribution is 2.45. The first-order valence-electron chi connectivity index (χ1n) is 14.0. The Kier molecular flexibility index (Phi) is 8.36. The second-order valence-corrected chi connectivity index (χ2v) is 12.6. The number of esters is 1. The number of benzene rings is 5. The van der Waals surface area contributed by atoms with Gasteiger partial charge in [0.1, 0.15) is 5.82 Å². The van der Waals surface area contributed by atoms with E-state index in [2.05, 4.69) is 4.85 Å². The normalized spacial score (nSPS) is 11.5. The lowest BCUT2D eigenvalue weighted by atomic mass is 9.95. The van der Waals surface area contributed by atoms with Crippen molar-refractivity contribution in [2.45, 2.75) is 11.3 Å². The molecule has 0 saturated heterocycles. The first-order chi connectivity index (χ1) is 22.5. The molecule has 0 radical (unpaired) electrons. The smallest absolute Gasteiger partial charge is 0.337 e. The van der Waals surface area contributed by atoms with Crippen LogP contribution in [-0.4, -0.2) is 25.5 Å². The van der Waals surface area contributed by atoms with Gasteiger partial charge in [-0.3, -0.25) is 0 Å². The minimum atomic E-state index is -4.49. The van der Waals surface area contributed by atoms with E-state index in [1.54, 1.807) is 60.7 Å². The molecule has 0 fully saturated rings. The topological polar surface area (TPSA) is 69.7 Å². The van der Waals surface area contributed by atoms with Gasteiger partial charge in [0.2, 0.25) is 0 Å². The Morgan fingerprint density at radius 3 is 2.26 bits per heavy atom. The second kappa shape index (κ2) is 12.4. The number of hydrogen-bond donors (Lipinski definition) is 0. The van der Waals surface area contributed by atoms with Gasteiger partial charge in [-0.1, -0.05) is 66.2 Å². The van der Waals surface area contributed by atoms with Gasteiger partial charge in [-0.2, -0.15) is 0 Å². The highest BCUT2D eigenvalue weighted by atomic mass is 35.5. The molecular weight excluding hydrogens is 649 g/mol. The summed E-state index contributed by atoms with van der Waals surface area (Å²) in [5, 5.41) is 0.491. The number of aromatic nitrogens is 1. The van der Waals surface area contributed by atoms with E-state index in [1.807, 2.05) is 0 Å². The molecule has 6 rings (SSSR count). The summed E-state index contributed by atoms with van der Waals surface area (Å²) < 4.78 is 76.4. The summed E-state index contributed by atoms with van der Waals surface area (Å²) in [7, 11) is -3.24. The largest absolute Gasteiger partial charge is 0.465 e. The minimum absolute atomic E-state index is 0.133. The maximum Gasteiger partial charge on any atom is 0.337 e. The van der Waals surface area contributed by atoms with Gasteiger partial charge in [-0.25, -0.2) is 35.2 Å². The molecule has 0 N–H and O–H groups in total. The van der Waals surface area contributed by atoms with Crippen LogP contribution in [0.4, 0.5) is 18.9 Å². The van der Waals surface area contributed by atoms with Gasteiger partial charge in [0.05, 0.1) is 35.4 Å². The summed E-state index contributed by atoms with van der Waals surface area (Å²) in [4.78, 5) is 15.3. The fourth-order valence-electron chi connectivity index (χ4n) is 5.49. The van der Waals surface area contributed by atoms with E-state index in [1.165, 1.54) is 25.3 Å². The Morgan fingerprint density at radius 1 is 0.872 bits per heavy atom. The predicted molar refractivity (Wildman–Crippen MR) is 175 cm³/mol. The molecule has 0 amide bonds. The average Bonchev–Trinajstić information content (AvgIpc) is 3.43. The number of halogens is 4.